The number of amides is 1. The summed E-state index contributed by atoms with van der Waals surface area (Å²) in [5.74, 6) is 2.08. The van der Waals surface area contributed by atoms with Crippen LogP contribution in [0.4, 0.5) is 5.69 Å². The predicted molar refractivity (Wildman–Crippen MR) is 116 cm³/mol. The summed E-state index contributed by atoms with van der Waals surface area (Å²) < 4.78 is 12.6. The molecule has 4 rings (SSSR count). The second-order valence-electron chi connectivity index (χ2n) is 6.73. The number of anilines is 1. The summed E-state index contributed by atoms with van der Waals surface area (Å²) in [6.07, 6.45) is 0. The van der Waals surface area contributed by atoms with Crippen LogP contribution in [0.5, 0.6) is 11.5 Å². The van der Waals surface area contributed by atoms with Crippen molar-refractivity contribution in [3.63, 3.8) is 0 Å². The van der Waals surface area contributed by atoms with Crippen LogP contribution in [-0.2, 0) is 4.79 Å². The maximum absolute atomic E-state index is 13.2. The van der Waals surface area contributed by atoms with E-state index in [0.717, 1.165) is 17.1 Å². The molecule has 1 aliphatic rings. The fourth-order valence-corrected chi connectivity index (χ4v) is 4.39. The zero-order chi connectivity index (χ0) is 21.1. The summed E-state index contributed by atoms with van der Waals surface area (Å²) >= 11 is 1.38. The molecule has 2 heterocycles. The van der Waals surface area contributed by atoms with Crippen molar-refractivity contribution in [2.75, 3.05) is 24.5 Å². The Balaban J connectivity index is 1.62. The summed E-state index contributed by atoms with van der Waals surface area (Å²) in [6.45, 7) is 4.42. The molecule has 1 amide bonds. The zero-order valence-corrected chi connectivity index (χ0v) is 17.8. The van der Waals surface area contributed by atoms with E-state index in [1.165, 1.54) is 11.8 Å². The van der Waals surface area contributed by atoms with Crippen LogP contribution in [-0.4, -0.2) is 39.7 Å². The highest BCUT2D eigenvalue weighted by Crippen LogP contribution is 2.38. The van der Waals surface area contributed by atoms with Gasteiger partial charge < -0.3 is 20.2 Å². The van der Waals surface area contributed by atoms with E-state index in [4.69, 9.17) is 9.47 Å². The van der Waals surface area contributed by atoms with E-state index in [9.17, 15) is 4.79 Å². The third-order valence-electron chi connectivity index (χ3n) is 4.74. The van der Waals surface area contributed by atoms with Gasteiger partial charge in [-0.2, -0.15) is 0 Å². The number of aromatic nitrogens is 3. The van der Waals surface area contributed by atoms with Gasteiger partial charge in [-0.15, -0.1) is 10.2 Å². The lowest BCUT2D eigenvalue weighted by Crippen LogP contribution is -2.41. The average molecular weight is 426 g/mol. The molecule has 0 unspecified atom stereocenters. The Bertz CT molecular complexity index is 1040. The van der Waals surface area contributed by atoms with Crippen molar-refractivity contribution in [2.45, 2.75) is 30.3 Å². The largest absolute Gasteiger partial charge is 0.497 e. The molecule has 0 radical (unpaired) electrons. The number of nitrogens with one attached hydrogen (secondary N) is 2. The lowest BCUT2D eigenvalue weighted by Gasteiger charge is -2.32. The van der Waals surface area contributed by atoms with E-state index >= 15 is 0 Å². The van der Waals surface area contributed by atoms with Gasteiger partial charge in [-0.3, -0.25) is 4.79 Å². The van der Waals surface area contributed by atoms with Crippen LogP contribution in [0.1, 0.15) is 24.4 Å². The fraction of sp³-hybridized carbons (Fsp3) is 0.286. The molecule has 0 saturated carbocycles. The molecule has 0 spiro atoms. The number of hydrogen-bond donors (Lipinski definition) is 2. The van der Waals surface area contributed by atoms with E-state index in [0.29, 0.717) is 23.2 Å². The monoisotopic (exact) mass is 425 g/mol. The van der Waals surface area contributed by atoms with Crippen molar-refractivity contribution in [3.05, 3.63) is 59.9 Å². The van der Waals surface area contributed by atoms with Crippen molar-refractivity contribution < 1.29 is 14.3 Å². The SMILES string of the molecule is CCOc1ccc([C@@H]2Nn3c(C)nnc3S[C@H]2C(=O)Nc2cccc(OC)c2)cc1. The Morgan fingerprint density at radius 2 is 2.00 bits per heavy atom. The second-order valence-corrected chi connectivity index (χ2v) is 7.84. The number of aryl methyl sites for hydroxylation is 1. The van der Waals surface area contributed by atoms with Crippen LogP contribution in [0.25, 0.3) is 0 Å². The Morgan fingerprint density at radius 1 is 1.20 bits per heavy atom. The number of ether oxygens (including phenoxy) is 2. The van der Waals surface area contributed by atoms with Gasteiger partial charge in [-0.25, -0.2) is 4.68 Å². The van der Waals surface area contributed by atoms with Crippen LogP contribution >= 0.6 is 11.8 Å². The first-order valence-electron chi connectivity index (χ1n) is 9.62. The van der Waals surface area contributed by atoms with Crippen molar-refractivity contribution in [2.24, 2.45) is 0 Å². The molecule has 1 aromatic heterocycles. The van der Waals surface area contributed by atoms with E-state index < -0.39 is 5.25 Å². The fourth-order valence-electron chi connectivity index (χ4n) is 3.26. The molecule has 0 bridgehead atoms. The van der Waals surface area contributed by atoms with Gasteiger partial charge in [0.25, 0.3) is 0 Å². The van der Waals surface area contributed by atoms with E-state index in [1.54, 1.807) is 13.2 Å². The molecular weight excluding hydrogens is 402 g/mol. The number of benzene rings is 2. The molecule has 0 saturated heterocycles. The van der Waals surface area contributed by atoms with Crippen LogP contribution in [0, 0.1) is 6.92 Å². The van der Waals surface area contributed by atoms with Gasteiger partial charge >= 0.3 is 0 Å². The highest BCUT2D eigenvalue weighted by atomic mass is 32.2. The highest BCUT2D eigenvalue weighted by molar-refractivity contribution is 8.00. The van der Waals surface area contributed by atoms with Crippen LogP contribution < -0.4 is 20.2 Å². The zero-order valence-electron chi connectivity index (χ0n) is 17.0. The first kappa shape index (κ1) is 20.1. The molecule has 2 atom stereocenters. The van der Waals surface area contributed by atoms with E-state index in [2.05, 4.69) is 20.9 Å². The van der Waals surface area contributed by atoms with Gasteiger partial charge in [-0.1, -0.05) is 30.0 Å². The summed E-state index contributed by atoms with van der Waals surface area (Å²) in [6, 6.07) is 14.8. The van der Waals surface area contributed by atoms with Crippen LogP contribution in [0.2, 0.25) is 0 Å². The van der Waals surface area contributed by atoms with Gasteiger partial charge in [0.05, 0.1) is 19.8 Å². The summed E-state index contributed by atoms with van der Waals surface area (Å²) in [7, 11) is 1.60. The normalized spacial score (nSPS) is 17.6. The lowest BCUT2D eigenvalue weighted by atomic mass is 10.0. The molecule has 0 aliphatic carbocycles. The average Bonchev–Trinajstić information content (AvgIpc) is 3.13. The number of hydrogen-bond acceptors (Lipinski definition) is 7. The van der Waals surface area contributed by atoms with Crippen LogP contribution in [0.3, 0.4) is 0 Å². The van der Waals surface area contributed by atoms with Gasteiger partial charge in [0.2, 0.25) is 11.1 Å². The number of thioether (sulfide) groups is 1. The maximum atomic E-state index is 13.2. The number of rotatable bonds is 6. The van der Waals surface area contributed by atoms with Gasteiger partial charge in [-0.05, 0) is 43.7 Å². The minimum absolute atomic E-state index is 0.133. The molecule has 9 heteroatoms. The van der Waals surface area contributed by atoms with Crippen LogP contribution in [0.15, 0.2) is 53.7 Å². The summed E-state index contributed by atoms with van der Waals surface area (Å²) in [5, 5.41) is 11.5. The highest BCUT2D eigenvalue weighted by Gasteiger charge is 2.37. The number of nitrogens with zero attached hydrogens (tertiary/aromatic N) is 3. The van der Waals surface area contributed by atoms with Crippen molar-refractivity contribution in [1.29, 1.82) is 0 Å². The Labute approximate surface area is 179 Å². The minimum atomic E-state index is -0.453. The van der Waals surface area contributed by atoms with E-state index in [1.807, 2.05) is 61.0 Å². The van der Waals surface area contributed by atoms with Gasteiger partial charge in [0.15, 0.2) is 0 Å². The standard InChI is InChI=1S/C21H23N5O3S/c1-4-29-16-10-8-14(9-11-16)18-19(30-21-24-23-13(2)26(21)25-18)20(27)22-15-6-5-7-17(12-15)28-3/h5-12,18-19,25H,4H2,1-3H3,(H,22,27)/t18-,19+/m0/s1. The first-order valence-corrected chi connectivity index (χ1v) is 10.5. The smallest absolute Gasteiger partial charge is 0.240 e. The quantitative estimate of drug-likeness (QED) is 0.626. The Morgan fingerprint density at radius 3 is 2.73 bits per heavy atom. The van der Waals surface area contributed by atoms with Crippen molar-refractivity contribution >= 4 is 23.4 Å². The van der Waals surface area contributed by atoms with Gasteiger partial charge in [0, 0.05) is 11.8 Å². The van der Waals surface area contributed by atoms with E-state index in [-0.39, 0.29) is 11.9 Å². The molecule has 1 aliphatic heterocycles. The summed E-state index contributed by atoms with van der Waals surface area (Å²) in [5.41, 5.74) is 5.04. The first-order chi connectivity index (χ1) is 14.6. The predicted octanol–water partition coefficient (Wildman–Crippen LogP) is 3.39. The molecular formula is C21H23N5O3S. The Kier molecular flexibility index (Phi) is 5.80. The molecule has 2 N–H and O–H groups in total. The lowest BCUT2D eigenvalue weighted by molar-refractivity contribution is -0.116. The maximum Gasteiger partial charge on any atom is 0.240 e. The molecule has 3 aromatic rings. The number of fused-ring (bicyclic) bond motifs is 1. The molecule has 2 aromatic carbocycles. The molecule has 156 valence electrons. The third-order valence-corrected chi connectivity index (χ3v) is 5.96. The molecule has 8 nitrogen and oxygen atoms in total. The third kappa shape index (κ3) is 4.06. The number of carbonyl (C=O) groups excluding carboxylic acids is 1. The second kappa shape index (κ2) is 8.66. The molecule has 0 fully saturated rings. The van der Waals surface area contributed by atoms with Crippen molar-refractivity contribution in [1.82, 2.24) is 14.9 Å². The minimum Gasteiger partial charge on any atom is -0.497 e. The molecule has 30 heavy (non-hydrogen) atoms. The summed E-state index contributed by atoms with van der Waals surface area (Å²) in [4.78, 5) is 13.2. The Hall–Kier alpha value is -3.20. The van der Waals surface area contributed by atoms with Crippen molar-refractivity contribution in [3.8, 4) is 11.5 Å². The topological polar surface area (TPSA) is 90.3 Å². The number of carbonyl (C=O) groups is 1. The number of methoxy groups -OCH3 is 1. The van der Waals surface area contributed by atoms with Gasteiger partial charge in [0.1, 0.15) is 22.6 Å².